The van der Waals surface area contributed by atoms with E-state index in [1.165, 1.54) is 6.07 Å². The van der Waals surface area contributed by atoms with Gasteiger partial charge in [0.25, 0.3) is 0 Å². The van der Waals surface area contributed by atoms with Crippen molar-refractivity contribution in [2.45, 2.75) is 13.3 Å². The molecule has 0 atom stereocenters. The Kier molecular flexibility index (Phi) is 3.45. The smallest absolute Gasteiger partial charge is 0.372 e. The summed E-state index contributed by atoms with van der Waals surface area (Å²) in [5, 5.41) is 9.71. The van der Waals surface area contributed by atoms with Gasteiger partial charge in [0.2, 0.25) is 5.76 Å². The van der Waals surface area contributed by atoms with Gasteiger partial charge in [-0.15, -0.1) is 0 Å². The highest BCUT2D eigenvalue weighted by molar-refractivity contribution is 9.10. The zero-order valence-electron chi connectivity index (χ0n) is 9.29. The Labute approximate surface area is 115 Å². The van der Waals surface area contributed by atoms with Crippen molar-refractivity contribution in [1.82, 2.24) is 0 Å². The fourth-order valence-corrected chi connectivity index (χ4v) is 2.65. The molecule has 4 nitrogen and oxygen atoms in total. The van der Waals surface area contributed by atoms with Gasteiger partial charge in [0.05, 0.1) is 15.4 Å². The summed E-state index contributed by atoms with van der Waals surface area (Å²) in [6, 6.07) is 3.02. The Balaban J connectivity index is 3.00. The summed E-state index contributed by atoms with van der Waals surface area (Å²) in [6.45, 7) is 1.70. The minimum atomic E-state index is -1.26. The zero-order valence-corrected chi connectivity index (χ0v) is 11.6. The first-order chi connectivity index (χ1) is 8.45. The van der Waals surface area contributed by atoms with Crippen LogP contribution in [0.15, 0.2) is 25.8 Å². The number of carboxylic acids is 1. The summed E-state index contributed by atoms with van der Waals surface area (Å²) in [5.74, 6) is -1.58. The first-order valence-electron chi connectivity index (χ1n) is 5.13. The summed E-state index contributed by atoms with van der Waals surface area (Å²) in [7, 11) is 0. The van der Waals surface area contributed by atoms with Gasteiger partial charge in [-0.1, -0.05) is 18.5 Å². The zero-order chi connectivity index (χ0) is 13.4. The molecule has 1 heterocycles. The van der Waals surface area contributed by atoms with Crippen molar-refractivity contribution in [3.8, 4) is 0 Å². The number of hydrogen-bond acceptors (Lipinski definition) is 3. The molecule has 0 unspecified atom stereocenters. The molecule has 0 spiro atoms. The molecule has 1 aromatic heterocycles. The topological polar surface area (TPSA) is 67.5 Å². The van der Waals surface area contributed by atoms with E-state index in [9.17, 15) is 9.59 Å². The molecule has 0 radical (unpaired) electrons. The largest absolute Gasteiger partial charge is 0.475 e. The van der Waals surface area contributed by atoms with Gasteiger partial charge in [0.15, 0.2) is 11.0 Å². The van der Waals surface area contributed by atoms with Crippen LogP contribution in [0.5, 0.6) is 0 Å². The van der Waals surface area contributed by atoms with E-state index in [0.29, 0.717) is 9.50 Å². The fourth-order valence-electron chi connectivity index (χ4n) is 1.76. The molecule has 0 aliphatic carbocycles. The third-order valence-electron chi connectivity index (χ3n) is 2.55. The van der Waals surface area contributed by atoms with Crippen LogP contribution in [-0.2, 0) is 6.42 Å². The SMILES string of the molecule is CCc1c(C(=O)O)oc2c(Br)cc(Cl)cc2c1=O. The lowest BCUT2D eigenvalue weighted by Crippen LogP contribution is -2.15. The summed E-state index contributed by atoms with van der Waals surface area (Å²) in [5.41, 5.74) is -0.0254. The van der Waals surface area contributed by atoms with Gasteiger partial charge in [-0.25, -0.2) is 4.79 Å². The summed E-state index contributed by atoms with van der Waals surface area (Å²) in [4.78, 5) is 23.3. The Morgan fingerprint density at radius 3 is 2.72 bits per heavy atom. The Bertz CT molecular complexity index is 705. The molecule has 0 aliphatic heterocycles. The predicted molar refractivity (Wildman–Crippen MR) is 71.5 cm³/mol. The number of rotatable bonds is 2. The predicted octanol–water partition coefficient (Wildman–Crippen LogP) is 3.47. The van der Waals surface area contributed by atoms with Crippen LogP contribution in [0.3, 0.4) is 0 Å². The van der Waals surface area contributed by atoms with Crippen LogP contribution < -0.4 is 5.43 Å². The van der Waals surface area contributed by atoms with Gasteiger partial charge in [-0.05, 0) is 34.5 Å². The molecule has 0 aliphatic rings. The van der Waals surface area contributed by atoms with Crippen molar-refractivity contribution in [2.75, 3.05) is 0 Å². The molecular weight excluding hydrogens is 323 g/mol. The third-order valence-corrected chi connectivity index (χ3v) is 3.36. The second-order valence-electron chi connectivity index (χ2n) is 3.66. The Morgan fingerprint density at radius 1 is 1.50 bits per heavy atom. The molecule has 0 bridgehead atoms. The quantitative estimate of drug-likeness (QED) is 0.915. The molecule has 2 aromatic rings. The average Bonchev–Trinajstić information content (AvgIpc) is 2.29. The van der Waals surface area contributed by atoms with E-state index < -0.39 is 5.97 Å². The first kappa shape index (κ1) is 13.1. The highest BCUT2D eigenvalue weighted by Crippen LogP contribution is 2.28. The first-order valence-corrected chi connectivity index (χ1v) is 6.30. The van der Waals surface area contributed by atoms with Crippen LogP contribution in [-0.4, -0.2) is 11.1 Å². The molecule has 2 rings (SSSR count). The molecule has 18 heavy (non-hydrogen) atoms. The van der Waals surface area contributed by atoms with Crippen LogP contribution in [0.2, 0.25) is 5.02 Å². The molecule has 1 N–H and O–H groups in total. The lowest BCUT2D eigenvalue weighted by molar-refractivity contribution is 0.0661. The minimum Gasteiger partial charge on any atom is -0.475 e. The van der Waals surface area contributed by atoms with E-state index in [-0.39, 0.29) is 34.1 Å². The number of halogens is 2. The van der Waals surface area contributed by atoms with Gasteiger partial charge in [0.1, 0.15) is 0 Å². The van der Waals surface area contributed by atoms with Gasteiger partial charge in [-0.3, -0.25) is 4.79 Å². The Morgan fingerprint density at radius 2 is 2.17 bits per heavy atom. The van der Waals surface area contributed by atoms with Crippen molar-refractivity contribution in [3.05, 3.63) is 43.2 Å². The highest BCUT2D eigenvalue weighted by Gasteiger charge is 2.19. The normalized spacial score (nSPS) is 10.8. The molecule has 94 valence electrons. The number of carboxylic acid groups (broad SMARTS) is 1. The van der Waals surface area contributed by atoms with Crippen molar-refractivity contribution >= 4 is 44.5 Å². The van der Waals surface area contributed by atoms with E-state index in [2.05, 4.69) is 15.9 Å². The van der Waals surface area contributed by atoms with Crippen LogP contribution >= 0.6 is 27.5 Å². The molecule has 0 saturated carbocycles. The molecule has 0 fully saturated rings. The average molecular weight is 332 g/mol. The van der Waals surface area contributed by atoms with Gasteiger partial charge in [0, 0.05) is 5.02 Å². The number of benzene rings is 1. The van der Waals surface area contributed by atoms with Crippen LogP contribution in [0.4, 0.5) is 0 Å². The third kappa shape index (κ3) is 2.04. The monoisotopic (exact) mass is 330 g/mol. The number of fused-ring (bicyclic) bond motifs is 1. The number of hydrogen-bond donors (Lipinski definition) is 1. The van der Waals surface area contributed by atoms with E-state index in [0.717, 1.165) is 0 Å². The van der Waals surface area contributed by atoms with Gasteiger partial charge < -0.3 is 9.52 Å². The highest BCUT2D eigenvalue weighted by atomic mass is 79.9. The lowest BCUT2D eigenvalue weighted by atomic mass is 10.1. The summed E-state index contributed by atoms with van der Waals surface area (Å²) >= 11 is 9.07. The van der Waals surface area contributed by atoms with E-state index in [1.54, 1.807) is 13.0 Å². The van der Waals surface area contributed by atoms with Crippen molar-refractivity contribution in [1.29, 1.82) is 0 Å². The maximum atomic E-state index is 12.2. The maximum Gasteiger partial charge on any atom is 0.372 e. The van der Waals surface area contributed by atoms with Gasteiger partial charge in [-0.2, -0.15) is 0 Å². The van der Waals surface area contributed by atoms with Crippen LogP contribution in [0.1, 0.15) is 23.0 Å². The molecule has 6 heteroatoms. The molecular formula is C12H8BrClO4. The van der Waals surface area contributed by atoms with Gasteiger partial charge >= 0.3 is 5.97 Å². The van der Waals surface area contributed by atoms with Crippen LogP contribution in [0.25, 0.3) is 11.0 Å². The van der Waals surface area contributed by atoms with Crippen molar-refractivity contribution in [2.24, 2.45) is 0 Å². The number of aromatic carboxylic acids is 1. The fraction of sp³-hybridized carbons (Fsp3) is 0.167. The molecule has 0 amide bonds. The summed E-state index contributed by atoms with van der Waals surface area (Å²) in [6.07, 6.45) is 0.282. The van der Waals surface area contributed by atoms with E-state index >= 15 is 0 Å². The maximum absolute atomic E-state index is 12.2. The Hall–Kier alpha value is -1.33. The van der Waals surface area contributed by atoms with E-state index in [1.807, 2.05) is 0 Å². The number of carbonyl (C=O) groups is 1. The molecule has 1 aromatic carbocycles. The van der Waals surface area contributed by atoms with E-state index in [4.69, 9.17) is 21.1 Å². The second kappa shape index (κ2) is 4.74. The summed E-state index contributed by atoms with van der Waals surface area (Å²) < 4.78 is 5.76. The second-order valence-corrected chi connectivity index (χ2v) is 4.95. The van der Waals surface area contributed by atoms with Crippen LogP contribution in [0, 0.1) is 0 Å². The standard InChI is InChI=1S/C12H8BrClO4/c1-2-6-9(15)7-3-5(14)4-8(13)10(7)18-11(6)12(16)17/h3-4H,2H2,1H3,(H,16,17). The van der Waals surface area contributed by atoms with Crippen molar-refractivity contribution < 1.29 is 14.3 Å². The molecule has 0 saturated heterocycles. The lowest BCUT2D eigenvalue weighted by Gasteiger charge is -2.06. The van der Waals surface area contributed by atoms with Crippen molar-refractivity contribution in [3.63, 3.8) is 0 Å². The minimum absolute atomic E-state index is 0.143.